The lowest BCUT2D eigenvalue weighted by molar-refractivity contribution is 0.509. The summed E-state index contributed by atoms with van der Waals surface area (Å²) >= 11 is 0. The smallest absolute Gasteiger partial charge is 0.239 e. The van der Waals surface area contributed by atoms with Crippen molar-refractivity contribution in [1.29, 1.82) is 0 Å². The molecule has 3 nitrogen and oxygen atoms in total. The van der Waals surface area contributed by atoms with Crippen LogP contribution in [-0.2, 0) is 0 Å². The molecule has 3 heteroatoms. The molecule has 0 spiro atoms. The minimum absolute atomic E-state index is 0.475. The molecule has 1 heterocycles. The molecule has 0 unspecified atom stereocenters. The molecule has 0 atom stereocenters. The zero-order chi connectivity index (χ0) is 7.98. The Labute approximate surface area is 60.8 Å². The molecule has 0 aliphatic carbocycles. The molecule has 0 aliphatic heterocycles. The third kappa shape index (κ3) is 2.44. The zero-order valence-electron chi connectivity index (χ0n) is 6.59. The van der Waals surface area contributed by atoms with E-state index >= 15 is 0 Å². The van der Waals surface area contributed by atoms with Crippen LogP contribution in [0.3, 0.4) is 0 Å². The van der Waals surface area contributed by atoms with Crippen molar-refractivity contribution in [2.24, 2.45) is 0 Å². The summed E-state index contributed by atoms with van der Waals surface area (Å²) in [5, 5.41) is 7.20. The third-order valence-electron chi connectivity index (χ3n) is 0.716. The lowest BCUT2D eigenvalue weighted by Crippen LogP contribution is -1.68. The molecular weight excluding hydrogens is 128 g/mol. The maximum atomic E-state index is 4.89. The first-order valence-electron chi connectivity index (χ1n) is 3.25. The normalized spacial score (nSPS) is 7.90. The van der Waals surface area contributed by atoms with E-state index in [1.807, 2.05) is 13.8 Å². The summed E-state index contributed by atoms with van der Waals surface area (Å²) in [6.45, 7) is 9.18. The maximum absolute atomic E-state index is 4.89. The Morgan fingerprint density at radius 1 is 1.40 bits per heavy atom. The fraction of sp³-hybridized carbons (Fsp3) is 0.429. The van der Waals surface area contributed by atoms with Gasteiger partial charge in [-0.25, -0.2) is 0 Å². The zero-order valence-corrected chi connectivity index (χ0v) is 6.59. The Bertz CT molecular complexity index is 193. The van der Waals surface area contributed by atoms with Crippen LogP contribution < -0.4 is 0 Å². The number of aryl methyl sites for hydroxylation is 1. The maximum Gasteiger partial charge on any atom is 0.239 e. The van der Waals surface area contributed by atoms with Crippen molar-refractivity contribution >= 4 is 6.08 Å². The molecule has 0 saturated heterocycles. The molecule has 56 valence electrons. The largest absolute Gasteiger partial charge is 0.422 e. The van der Waals surface area contributed by atoms with Gasteiger partial charge in [-0.05, 0) is 6.08 Å². The second-order valence-electron chi connectivity index (χ2n) is 1.36. The van der Waals surface area contributed by atoms with Crippen LogP contribution in [0.4, 0.5) is 0 Å². The van der Waals surface area contributed by atoms with Gasteiger partial charge in [-0.1, -0.05) is 20.4 Å². The summed E-state index contributed by atoms with van der Waals surface area (Å²) in [6.07, 6.45) is 1.51. The standard InChI is InChI=1S/C5H6N2O.C2H6/c1-3-5-7-6-4(2)8-5;1-2/h3H,1H2,2H3;1-2H3. The van der Waals surface area contributed by atoms with Gasteiger partial charge in [0.1, 0.15) is 0 Å². The van der Waals surface area contributed by atoms with E-state index in [2.05, 4.69) is 16.8 Å². The first kappa shape index (κ1) is 8.88. The van der Waals surface area contributed by atoms with Gasteiger partial charge in [0.2, 0.25) is 11.8 Å². The van der Waals surface area contributed by atoms with Crippen LogP contribution in [0.2, 0.25) is 0 Å². The number of aromatic nitrogens is 2. The SMILES string of the molecule is C=Cc1nnc(C)o1.CC. The molecule has 0 aromatic carbocycles. The van der Waals surface area contributed by atoms with Crippen LogP contribution in [0.1, 0.15) is 25.6 Å². The van der Waals surface area contributed by atoms with Gasteiger partial charge in [0, 0.05) is 6.92 Å². The second kappa shape index (κ2) is 4.73. The molecule has 0 N–H and O–H groups in total. The Balaban J connectivity index is 0.000000371. The van der Waals surface area contributed by atoms with Crippen LogP contribution in [-0.4, -0.2) is 10.2 Å². The fourth-order valence-corrected chi connectivity index (χ4v) is 0.394. The molecule has 10 heavy (non-hydrogen) atoms. The topological polar surface area (TPSA) is 38.9 Å². The molecule has 1 aromatic heterocycles. The Morgan fingerprint density at radius 2 is 2.00 bits per heavy atom. The highest BCUT2D eigenvalue weighted by Gasteiger charge is 1.92. The number of hydrogen-bond acceptors (Lipinski definition) is 3. The minimum Gasteiger partial charge on any atom is -0.422 e. The van der Waals surface area contributed by atoms with E-state index in [0.717, 1.165) is 0 Å². The predicted octanol–water partition coefficient (Wildman–Crippen LogP) is 2.05. The molecule has 0 radical (unpaired) electrons. The van der Waals surface area contributed by atoms with Gasteiger partial charge in [-0.2, -0.15) is 0 Å². The average Bonchev–Trinajstić information content (AvgIpc) is 2.40. The molecule has 0 fully saturated rings. The highest BCUT2D eigenvalue weighted by atomic mass is 16.4. The summed E-state index contributed by atoms with van der Waals surface area (Å²) < 4.78 is 4.89. The van der Waals surface area contributed by atoms with Gasteiger partial charge in [0.15, 0.2) is 0 Å². The van der Waals surface area contributed by atoms with Gasteiger partial charge in [0.05, 0.1) is 0 Å². The predicted molar refractivity (Wildman–Crippen MR) is 40.5 cm³/mol. The summed E-state index contributed by atoms with van der Waals surface area (Å²) in [7, 11) is 0. The Kier molecular flexibility index (Phi) is 4.20. The van der Waals surface area contributed by atoms with Gasteiger partial charge in [-0.15, -0.1) is 10.2 Å². The van der Waals surface area contributed by atoms with Crippen LogP contribution >= 0.6 is 0 Å². The van der Waals surface area contributed by atoms with E-state index in [0.29, 0.717) is 11.8 Å². The number of hydrogen-bond donors (Lipinski definition) is 0. The van der Waals surface area contributed by atoms with Crippen molar-refractivity contribution in [2.45, 2.75) is 20.8 Å². The fourth-order valence-electron chi connectivity index (χ4n) is 0.394. The highest BCUT2D eigenvalue weighted by molar-refractivity contribution is 5.31. The average molecular weight is 140 g/mol. The van der Waals surface area contributed by atoms with Gasteiger partial charge >= 0.3 is 0 Å². The van der Waals surface area contributed by atoms with Crippen molar-refractivity contribution in [1.82, 2.24) is 10.2 Å². The van der Waals surface area contributed by atoms with E-state index in [4.69, 9.17) is 4.42 Å². The van der Waals surface area contributed by atoms with E-state index in [1.165, 1.54) is 6.08 Å². The molecule has 1 rings (SSSR count). The third-order valence-corrected chi connectivity index (χ3v) is 0.716. The van der Waals surface area contributed by atoms with Crippen LogP contribution in [0.25, 0.3) is 6.08 Å². The number of nitrogens with zero attached hydrogens (tertiary/aromatic N) is 2. The van der Waals surface area contributed by atoms with Crippen molar-refractivity contribution in [3.63, 3.8) is 0 Å². The molecule has 1 aromatic rings. The van der Waals surface area contributed by atoms with Gasteiger partial charge in [0.25, 0.3) is 0 Å². The quantitative estimate of drug-likeness (QED) is 0.599. The van der Waals surface area contributed by atoms with E-state index in [-0.39, 0.29) is 0 Å². The van der Waals surface area contributed by atoms with E-state index in [1.54, 1.807) is 6.92 Å². The van der Waals surface area contributed by atoms with Gasteiger partial charge in [-0.3, -0.25) is 0 Å². The lowest BCUT2D eigenvalue weighted by Gasteiger charge is -1.72. The lowest BCUT2D eigenvalue weighted by atomic mass is 10.7. The van der Waals surface area contributed by atoms with Crippen molar-refractivity contribution in [2.75, 3.05) is 0 Å². The summed E-state index contributed by atoms with van der Waals surface area (Å²) in [6, 6.07) is 0. The molecule has 0 bridgehead atoms. The highest BCUT2D eigenvalue weighted by Crippen LogP contribution is 1.96. The van der Waals surface area contributed by atoms with Crippen LogP contribution in [0.15, 0.2) is 11.0 Å². The van der Waals surface area contributed by atoms with Gasteiger partial charge < -0.3 is 4.42 Å². The molecular formula is C7H12N2O. The Hall–Kier alpha value is -1.12. The minimum atomic E-state index is 0.475. The van der Waals surface area contributed by atoms with Crippen LogP contribution in [0.5, 0.6) is 0 Å². The summed E-state index contributed by atoms with van der Waals surface area (Å²) in [5.41, 5.74) is 0. The Morgan fingerprint density at radius 3 is 2.20 bits per heavy atom. The number of rotatable bonds is 1. The monoisotopic (exact) mass is 140 g/mol. The summed E-state index contributed by atoms with van der Waals surface area (Å²) in [5.74, 6) is 1.04. The van der Waals surface area contributed by atoms with Crippen molar-refractivity contribution < 1.29 is 4.42 Å². The van der Waals surface area contributed by atoms with E-state index in [9.17, 15) is 0 Å². The van der Waals surface area contributed by atoms with Crippen LogP contribution in [0, 0.1) is 6.92 Å². The van der Waals surface area contributed by atoms with E-state index < -0.39 is 0 Å². The molecule has 0 amide bonds. The second-order valence-corrected chi connectivity index (χ2v) is 1.36. The first-order valence-corrected chi connectivity index (χ1v) is 3.25. The molecule has 0 aliphatic rings. The van der Waals surface area contributed by atoms with Crippen molar-refractivity contribution in [3.8, 4) is 0 Å². The molecule has 0 saturated carbocycles. The van der Waals surface area contributed by atoms with Crippen molar-refractivity contribution in [3.05, 3.63) is 18.4 Å². The summed E-state index contributed by atoms with van der Waals surface area (Å²) in [4.78, 5) is 0. The first-order chi connectivity index (χ1) is 4.83.